The summed E-state index contributed by atoms with van der Waals surface area (Å²) in [7, 11) is -2.31. The number of nitrogens with one attached hydrogen (secondary N) is 1. The number of amides is 1. The molecule has 7 nitrogen and oxygen atoms in total. The Morgan fingerprint density at radius 1 is 1.23 bits per heavy atom. The third kappa shape index (κ3) is 6.36. The number of carbonyl (C=O) groups excluding carboxylic acids is 1. The van der Waals surface area contributed by atoms with Crippen LogP contribution in [0.25, 0.3) is 0 Å². The molecule has 0 radical (unpaired) electrons. The lowest BCUT2D eigenvalue weighted by atomic mass is 10.1. The molecule has 1 heterocycles. The van der Waals surface area contributed by atoms with Gasteiger partial charge in [0.15, 0.2) is 0 Å². The number of nitrogens with zero attached hydrogens (tertiary/aromatic N) is 1. The topological polar surface area (TPSA) is 84.9 Å². The summed E-state index contributed by atoms with van der Waals surface area (Å²) >= 11 is 7.72. The van der Waals surface area contributed by atoms with Crippen molar-refractivity contribution in [3.05, 3.63) is 58.6 Å². The van der Waals surface area contributed by atoms with E-state index < -0.39 is 10.0 Å². The molecule has 0 aliphatic carbocycles. The van der Waals surface area contributed by atoms with Gasteiger partial charge in [0.2, 0.25) is 10.0 Å². The Hall–Kier alpha value is -1.78. The van der Waals surface area contributed by atoms with E-state index in [1.807, 2.05) is 24.3 Å². The standard InChI is InChI=1S/C21H25ClN2O5S2/c1-28-20-7-6-17(14-18(20)21(25)24-9-11-29-12-10-24)31(26,27)23-8-13-30-15-16-4-2-3-5-19(16)22/h2-7,14,23H,8-13,15H2,1H3. The van der Waals surface area contributed by atoms with Crippen LogP contribution in [0.1, 0.15) is 15.9 Å². The molecule has 1 amide bonds. The van der Waals surface area contributed by atoms with Gasteiger partial charge in [0.1, 0.15) is 5.75 Å². The first-order chi connectivity index (χ1) is 14.9. The Bertz CT molecular complexity index is 1010. The lowest BCUT2D eigenvalue weighted by Crippen LogP contribution is -2.40. The second-order valence-electron chi connectivity index (χ2n) is 6.81. The lowest BCUT2D eigenvalue weighted by molar-refractivity contribution is 0.0300. The van der Waals surface area contributed by atoms with Gasteiger partial charge >= 0.3 is 0 Å². The highest BCUT2D eigenvalue weighted by molar-refractivity contribution is 7.98. The van der Waals surface area contributed by atoms with Crippen LogP contribution in [0.5, 0.6) is 5.75 Å². The molecule has 3 rings (SSSR count). The number of carbonyl (C=O) groups is 1. The van der Waals surface area contributed by atoms with Crippen LogP contribution in [0.2, 0.25) is 5.02 Å². The van der Waals surface area contributed by atoms with Gasteiger partial charge in [0.25, 0.3) is 5.91 Å². The number of rotatable bonds is 9. The molecule has 1 N–H and O–H groups in total. The maximum Gasteiger partial charge on any atom is 0.257 e. The van der Waals surface area contributed by atoms with E-state index in [0.29, 0.717) is 48.6 Å². The highest BCUT2D eigenvalue weighted by atomic mass is 35.5. The molecular weight excluding hydrogens is 460 g/mol. The number of methoxy groups -OCH3 is 1. The van der Waals surface area contributed by atoms with E-state index in [1.165, 1.54) is 25.3 Å². The summed E-state index contributed by atoms with van der Waals surface area (Å²) in [4.78, 5) is 14.5. The molecule has 2 aromatic carbocycles. The zero-order valence-electron chi connectivity index (χ0n) is 17.2. The van der Waals surface area contributed by atoms with Crippen LogP contribution in [0.4, 0.5) is 0 Å². The number of thioether (sulfide) groups is 1. The summed E-state index contributed by atoms with van der Waals surface area (Å²) in [6.45, 7) is 2.09. The summed E-state index contributed by atoms with van der Waals surface area (Å²) in [5.41, 5.74) is 1.24. The van der Waals surface area contributed by atoms with Crippen molar-refractivity contribution in [2.45, 2.75) is 10.6 Å². The fraction of sp³-hybridized carbons (Fsp3) is 0.381. The van der Waals surface area contributed by atoms with Crippen molar-refractivity contribution in [2.75, 3.05) is 45.7 Å². The number of hydrogen-bond donors (Lipinski definition) is 1. The van der Waals surface area contributed by atoms with Gasteiger partial charge in [0, 0.05) is 36.2 Å². The van der Waals surface area contributed by atoms with Crippen LogP contribution in [-0.2, 0) is 20.5 Å². The molecule has 0 saturated carbocycles. The fourth-order valence-electron chi connectivity index (χ4n) is 3.09. The molecule has 1 fully saturated rings. The normalized spacial score (nSPS) is 14.5. The summed E-state index contributed by atoms with van der Waals surface area (Å²) in [6, 6.07) is 11.9. The van der Waals surface area contributed by atoms with Crippen LogP contribution in [0, 0.1) is 0 Å². The van der Waals surface area contributed by atoms with Crippen molar-refractivity contribution in [2.24, 2.45) is 0 Å². The predicted octanol–water partition coefficient (Wildman–Crippen LogP) is 3.03. The molecule has 2 aromatic rings. The van der Waals surface area contributed by atoms with Gasteiger partial charge < -0.3 is 14.4 Å². The molecular formula is C21H25ClN2O5S2. The molecule has 1 aliphatic heterocycles. The molecule has 0 bridgehead atoms. The molecule has 10 heteroatoms. The van der Waals surface area contributed by atoms with Crippen LogP contribution < -0.4 is 9.46 Å². The summed E-state index contributed by atoms with van der Waals surface area (Å²) in [5.74, 6) is 1.35. The number of sulfonamides is 1. The average molecular weight is 485 g/mol. The molecule has 31 heavy (non-hydrogen) atoms. The van der Waals surface area contributed by atoms with E-state index in [-0.39, 0.29) is 22.9 Å². The van der Waals surface area contributed by atoms with Gasteiger partial charge in [-0.15, -0.1) is 0 Å². The predicted molar refractivity (Wildman–Crippen MR) is 123 cm³/mol. The van der Waals surface area contributed by atoms with Crippen LogP contribution in [0.15, 0.2) is 47.4 Å². The SMILES string of the molecule is COc1ccc(S(=O)(=O)NCCSCc2ccccc2Cl)cc1C(=O)N1CCOCC1. The minimum atomic E-state index is -3.77. The van der Waals surface area contributed by atoms with Gasteiger partial charge in [-0.2, -0.15) is 11.8 Å². The first-order valence-corrected chi connectivity index (χ1v) is 12.8. The fourth-order valence-corrected chi connectivity index (χ4v) is 5.42. The van der Waals surface area contributed by atoms with Crippen molar-refractivity contribution in [1.29, 1.82) is 0 Å². The maximum absolute atomic E-state index is 12.9. The van der Waals surface area contributed by atoms with E-state index >= 15 is 0 Å². The van der Waals surface area contributed by atoms with E-state index in [2.05, 4.69) is 4.72 Å². The smallest absolute Gasteiger partial charge is 0.257 e. The van der Waals surface area contributed by atoms with Gasteiger partial charge in [-0.25, -0.2) is 13.1 Å². The third-order valence-electron chi connectivity index (χ3n) is 4.76. The molecule has 0 atom stereocenters. The van der Waals surface area contributed by atoms with Crippen molar-refractivity contribution in [3.63, 3.8) is 0 Å². The van der Waals surface area contributed by atoms with Crippen molar-refractivity contribution in [3.8, 4) is 5.75 Å². The first kappa shape index (κ1) is 23.9. The molecule has 1 saturated heterocycles. The summed E-state index contributed by atoms with van der Waals surface area (Å²) in [6.07, 6.45) is 0. The zero-order valence-corrected chi connectivity index (χ0v) is 19.6. The van der Waals surface area contributed by atoms with Gasteiger partial charge in [-0.3, -0.25) is 4.79 Å². The van der Waals surface area contributed by atoms with Gasteiger partial charge in [-0.1, -0.05) is 29.8 Å². The first-order valence-electron chi connectivity index (χ1n) is 9.78. The quantitative estimate of drug-likeness (QED) is 0.551. The van der Waals surface area contributed by atoms with E-state index in [9.17, 15) is 13.2 Å². The largest absolute Gasteiger partial charge is 0.496 e. The van der Waals surface area contributed by atoms with Gasteiger partial charge in [-0.05, 0) is 29.8 Å². The number of halogens is 1. The summed E-state index contributed by atoms with van der Waals surface area (Å²) < 4.78 is 38.6. The van der Waals surface area contributed by atoms with Crippen LogP contribution in [0.3, 0.4) is 0 Å². The van der Waals surface area contributed by atoms with E-state index in [4.69, 9.17) is 21.1 Å². The molecule has 168 valence electrons. The van der Waals surface area contributed by atoms with Crippen LogP contribution in [-0.4, -0.2) is 64.9 Å². The van der Waals surface area contributed by atoms with Crippen LogP contribution >= 0.6 is 23.4 Å². The Morgan fingerprint density at radius 3 is 2.68 bits per heavy atom. The maximum atomic E-state index is 12.9. The van der Waals surface area contributed by atoms with E-state index in [0.717, 1.165) is 5.56 Å². The molecule has 0 spiro atoms. The van der Waals surface area contributed by atoms with Crippen molar-refractivity contribution in [1.82, 2.24) is 9.62 Å². The van der Waals surface area contributed by atoms with E-state index in [1.54, 1.807) is 16.7 Å². The lowest BCUT2D eigenvalue weighted by Gasteiger charge is -2.27. The minimum Gasteiger partial charge on any atom is -0.496 e. The number of morpholine rings is 1. The zero-order chi connectivity index (χ0) is 22.3. The summed E-state index contributed by atoms with van der Waals surface area (Å²) in [5, 5.41) is 0.700. The molecule has 0 aromatic heterocycles. The Morgan fingerprint density at radius 2 is 1.97 bits per heavy atom. The monoisotopic (exact) mass is 484 g/mol. The average Bonchev–Trinajstić information content (AvgIpc) is 2.79. The second kappa shape index (κ2) is 11.2. The highest BCUT2D eigenvalue weighted by Gasteiger charge is 2.24. The molecule has 0 unspecified atom stereocenters. The molecule has 1 aliphatic rings. The highest BCUT2D eigenvalue weighted by Crippen LogP contribution is 2.25. The third-order valence-corrected chi connectivity index (χ3v) is 7.60. The number of ether oxygens (including phenoxy) is 2. The minimum absolute atomic E-state index is 0.0287. The second-order valence-corrected chi connectivity index (χ2v) is 10.1. The Labute approximate surface area is 192 Å². The van der Waals surface area contributed by atoms with Crippen molar-refractivity contribution < 1.29 is 22.7 Å². The Balaban J connectivity index is 1.62. The van der Waals surface area contributed by atoms with Crippen molar-refractivity contribution >= 4 is 39.3 Å². The Kier molecular flexibility index (Phi) is 8.62. The number of benzene rings is 2. The van der Waals surface area contributed by atoms with Gasteiger partial charge in [0.05, 0.1) is 30.8 Å². The number of hydrogen-bond acceptors (Lipinski definition) is 6.